The second kappa shape index (κ2) is 10.6. The van der Waals surface area contributed by atoms with Crippen LogP contribution < -0.4 is 14.8 Å². The number of nitrogens with zero attached hydrogens (tertiary/aromatic N) is 5. The van der Waals surface area contributed by atoms with E-state index < -0.39 is 10.0 Å². The number of fused-ring (bicyclic) bond motifs is 1. The molecule has 0 saturated carbocycles. The van der Waals surface area contributed by atoms with Crippen molar-refractivity contribution in [1.29, 1.82) is 0 Å². The Morgan fingerprint density at radius 3 is 2.62 bits per heavy atom. The number of rotatable bonds is 8. The van der Waals surface area contributed by atoms with Gasteiger partial charge in [0.05, 0.1) is 24.9 Å². The third-order valence-corrected chi connectivity index (χ3v) is 8.99. The van der Waals surface area contributed by atoms with E-state index in [-0.39, 0.29) is 10.8 Å². The van der Waals surface area contributed by atoms with Crippen molar-refractivity contribution in [2.24, 2.45) is 0 Å². The van der Waals surface area contributed by atoms with Crippen molar-refractivity contribution in [1.82, 2.24) is 23.9 Å². The highest BCUT2D eigenvalue weighted by Crippen LogP contribution is 2.35. The number of methoxy groups -OCH3 is 2. The van der Waals surface area contributed by atoms with Crippen molar-refractivity contribution in [2.45, 2.75) is 30.2 Å². The maximum absolute atomic E-state index is 13.5. The number of benzene rings is 1. The average molecular weight is 587 g/mol. The molecule has 1 aliphatic rings. The van der Waals surface area contributed by atoms with Crippen molar-refractivity contribution < 1.29 is 17.9 Å². The number of piperidine rings is 1. The smallest absolute Gasteiger partial charge is 0.246 e. The summed E-state index contributed by atoms with van der Waals surface area (Å²) in [4.78, 5) is 9.15. The molecule has 37 heavy (non-hydrogen) atoms. The summed E-state index contributed by atoms with van der Waals surface area (Å²) in [7, 11) is -0.787. The zero-order valence-electron chi connectivity index (χ0n) is 20.5. The molecule has 1 saturated heterocycles. The van der Waals surface area contributed by atoms with E-state index in [0.29, 0.717) is 49.6 Å². The van der Waals surface area contributed by atoms with Crippen LogP contribution >= 0.6 is 15.9 Å². The first-order valence-corrected chi connectivity index (χ1v) is 14.0. The van der Waals surface area contributed by atoms with Gasteiger partial charge >= 0.3 is 0 Å². The molecule has 1 aliphatic heterocycles. The maximum atomic E-state index is 13.5. The van der Waals surface area contributed by atoms with Crippen LogP contribution in [0.1, 0.15) is 30.0 Å². The molecule has 1 fully saturated rings. The number of hydrogen-bond donors (Lipinski definition) is 1. The summed E-state index contributed by atoms with van der Waals surface area (Å²) in [5.74, 6) is 1.67. The summed E-state index contributed by atoms with van der Waals surface area (Å²) in [5.41, 5.74) is 2.66. The minimum Gasteiger partial charge on any atom is -0.497 e. The molecular formula is C25H27BrN6O4S. The maximum Gasteiger partial charge on any atom is 0.246 e. The second-order valence-corrected chi connectivity index (χ2v) is 11.5. The third kappa shape index (κ3) is 5.13. The standard InChI is InChI=1S/C25H27BrN6O4S/c1-35-19-5-6-22(36-2)23(12-19)37(33,34)31-10-7-18(8-11-31)21-13-24(28-15-17-4-3-9-27-14-17)32-25(30-21)20(26)16-29-32/h3-6,9,12-14,16,18,28H,7-8,10-11,15H2,1-2H3. The summed E-state index contributed by atoms with van der Waals surface area (Å²) in [6.45, 7) is 1.33. The molecule has 1 N–H and O–H groups in total. The molecular weight excluding hydrogens is 560 g/mol. The second-order valence-electron chi connectivity index (χ2n) is 8.70. The molecule has 0 atom stereocenters. The highest BCUT2D eigenvalue weighted by atomic mass is 79.9. The van der Waals surface area contributed by atoms with E-state index in [0.717, 1.165) is 21.5 Å². The zero-order valence-corrected chi connectivity index (χ0v) is 22.9. The SMILES string of the molecule is COc1ccc(OC)c(S(=O)(=O)N2CCC(c3cc(NCc4cccnc4)n4ncc(Br)c4n3)CC2)c1. The molecule has 3 aromatic heterocycles. The normalized spacial score (nSPS) is 15.1. The van der Waals surface area contributed by atoms with E-state index in [1.54, 1.807) is 29.0 Å². The topological polar surface area (TPSA) is 111 Å². The van der Waals surface area contributed by atoms with Gasteiger partial charge in [0.1, 0.15) is 22.2 Å². The van der Waals surface area contributed by atoms with Gasteiger partial charge in [0.2, 0.25) is 10.0 Å². The van der Waals surface area contributed by atoms with Crippen LogP contribution in [0.3, 0.4) is 0 Å². The first kappa shape index (κ1) is 25.4. The van der Waals surface area contributed by atoms with Crippen molar-refractivity contribution in [3.63, 3.8) is 0 Å². The zero-order chi connectivity index (χ0) is 26.0. The number of nitrogens with one attached hydrogen (secondary N) is 1. The van der Waals surface area contributed by atoms with Crippen LogP contribution in [0.15, 0.2) is 64.4 Å². The highest BCUT2D eigenvalue weighted by Gasteiger charge is 2.33. The number of anilines is 1. The molecule has 0 bridgehead atoms. The Kier molecular flexibility index (Phi) is 7.31. The lowest BCUT2D eigenvalue weighted by molar-refractivity contribution is 0.314. The Bertz CT molecular complexity index is 1500. The molecule has 194 valence electrons. The molecule has 0 unspecified atom stereocenters. The Morgan fingerprint density at radius 2 is 1.92 bits per heavy atom. The van der Waals surface area contributed by atoms with Crippen molar-refractivity contribution in [3.8, 4) is 11.5 Å². The molecule has 0 aliphatic carbocycles. The van der Waals surface area contributed by atoms with E-state index in [4.69, 9.17) is 14.5 Å². The lowest BCUT2D eigenvalue weighted by Gasteiger charge is -2.31. The molecule has 10 nitrogen and oxygen atoms in total. The molecule has 4 aromatic rings. The van der Waals surface area contributed by atoms with Crippen molar-refractivity contribution in [3.05, 3.63) is 70.7 Å². The third-order valence-electron chi connectivity index (χ3n) is 6.51. The van der Waals surface area contributed by atoms with Gasteiger partial charge in [-0.25, -0.2) is 13.4 Å². The van der Waals surface area contributed by atoms with Gasteiger partial charge in [-0.05, 0) is 52.5 Å². The number of ether oxygens (including phenoxy) is 2. The van der Waals surface area contributed by atoms with Crippen LogP contribution in [0.2, 0.25) is 0 Å². The number of hydrogen-bond acceptors (Lipinski definition) is 8. The van der Waals surface area contributed by atoms with Gasteiger partial charge in [-0.15, -0.1) is 0 Å². The fourth-order valence-corrected chi connectivity index (χ4v) is 6.49. The Morgan fingerprint density at radius 1 is 1.11 bits per heavy atom. The van der Waals surface area contributed by atoms with Crippen molar-refractivity contribution >= 4 is 37.4 Å². The monoisotopic (exact) mass is 586 g/mol. The van der Waals surface area contributed by atoms with Gasteiger partial charge in [-0.2, -0.15) is 13.9 Å². The number of sulfonamides is 1. The first-order valence-electron chi connectivity index (χ1n) is 11.8. The van der Waals surface area contributed by atoms with Crippen LogP contribution in [0.25, 0.3) is 5.65 Å². The summed E-state index contributed by atoms with van der Waals surface area (Å²) in [6, 6.07) is 10.7. The largest absolute Gasteiger partial charge is 0.497 e. The Hall–Kier alpha value is -3.22. The van der Waals surface area contributed by atoms with Gasteiger partial charge in [-0.3, -0.25) is 4.98 Å². The van der Waals surface area contributed by atoms with Crippen LogP contribution in [0.4, 0.5) is 5.82 Å². The van der Waals surface area contributed by atoms with Crippen LogP contribution in [0.5, 0.6) is 11.5 Å². The Balaban J connectivity index is 1.37. The van der Waals surface area contributed by atoms with Gasteiger partial charge < -0.3 is 14.8 Å². The predicted octanol–water partition coefficient (Wildman–Crippen LogP) is 4.08. The fraction of sp³-hybridized carbons (Fsp3) is 0.320. The van der Waals surface area contributed by atoms with E-state index in [1.165, 1.54) is 24.6 Å². The van der Waals surface area contributed by atoms with Gasteiger partial charge in [-0.1, -0.05) is 6.07 Å². The van der Waals surface area contributed by atoms with Crippen LogP contribution in [-0.2, 0) is 16.6 Å². The summed E-state index contributed by atoms with van der Waals surface area (Å²) < 4.78 is 41.6. The highest BCUT2D eigenvalue weighted by molar-refractivity contribution is 9.10. The minimum absolute atomic E-state index is 0.101. The number of aromatic nitrogens is 4. The fourth-order valence-electron chi connectivity index (χ4n) is 4.50. The summed E-state index contributed by atoms with van der Waals surface area (Å²) >= 11 is 3.55. The quantitative estimate of drug-likeness (QED) is 0.329. The molecule has 1 aromatic carbocycles. The Labute approximate surface area is 223 Å². The molecule has 0 spiro atoms. The summed E-state index contributed by atoms with van der Waals surface area (Å²) in [5, 5.41) is 7.89. The lowest BCUT2D eigenvalue weighted by atomic mass is 9.94. The lowest BCUT2D eigenvalue weighted by Crippen LogP contribution is -2.38. The molecule has 0 radical (unpaired) electrons. The van der Waals surface area contributed by atoms with Gasteiger partial charge in [0.25, 0.3) is 0 Å². The van der Waals surface area contributed by atoms with Gasteiger partial charge in [0, 0.05) is 55.8 Å². The van der Waals surface area contributed by atoms with Crippen LogP contribution in [-0.4, -0.2) is 59.6 Å². The first-order chi connectivity index (χ1) is 17.9. The van der Waals surface area contributed by atoms with Gasteiger partial charge in [0.15, 0.2) is 5.65 Å². The number of pyridine rings is 1. The predicted molar refractivity (Wildman–Crippen MR) is 143 cm³/mol. The average Bonchev–Trinajstić information content (AvgIpc) is 3.32. The number of halogens is 1. The van der Waals surface area contributed by atoms with E-state index in [1.807, 2.05) is 24.4 Å². The van der Waals surface area contributed by atoms with E-state index in [9.17, 15) is 8.42 Å². The molecule has 0 amide bonds. The molecule has 4 heterocycles. The molecule has 12 heteroatoms. The molecule has 5 rings (SSSR count). The van der Waals surface area contributed by atoms with E-state index >= 15 is 0 Å². The van der Waals surface area contributed by atoms with E-state index in [2.05, 4.69) is 31.3 Å². The van der Waals surface area contributed by atoms with Crippen molar-refractivity contribution in [2.75, 3.05) is 32.6 Å². The van der Waals surface area contributed by atoms with Crippen LogP contribution in [0, 0.1) is 0 Å². The minimum atomic E-state index is -3.75. The summed E-state index contributed by atoms with van der Waals surface area (Å²) in [6.07, 6.45) is 6.57.